The molecule has 1 fully saturated rings. The van der Waals surface area contributed by atoms with Crippen LogP contribution < -0.4 is 4.74 Å². The normalized spacial score (nSPS) is 17.2. The minimum absolute atomic E-state index is 0.00438. The molecule has 4 rings (SSSR count). The van der Waals surface area contributed by atoms with Crippen molar-refractivity contribution in [1.82, 2.24) is 9.88 Å². The Morgan fingerprint density at radius 2 is 1.94 bits per heavy atom. The highest BCUT2D eigenvalue weighted by Crippen LogP contribution is 2.34. The van der Waals surface area contributed by atoms with Gasteiger partial charge in [0.05, 0.1) is 11.1 Å². The molecule has 2 aromatic carbocycles. The number of aliphatic hydroxyl groups is 2. The van der Waals surface area contributed by atoms with Gasteiger partial charge in [0.25, 0.3) is 0 Å². The topological polar surface area (TPSA) is 82.9 Å². The summed E-state index contributed by atoms with van der Waals surface area (Å²) in [5.74, 6) is 0.587. The zero-order valence-corrected chi connectivity index (χ0v) is 18.6. The third-order valence-corrected chi connectivity index (χ3v) is 6.35. The molecule has 0 amide bonds. The number of hydrogen-bond donors (Lipinski definition) is 2. The number of hydrogen-bond acceptors (Lipinski definition) is 6. The smallest absolute Gasteiger partial charge is 0.198 e. The van der Waals surface area contributed by atoms with E-state index >= 15 is 0 Å². The van der Waals surface area contributed by atoms with Crippen molar-refractivity contribution in [3.05, 3.63) is 71.4 Å². The van der Waals surface area contributed by atoms with Crippen LogP contribution in [0.4, 0.5) is 0 Å². The second kappa shape index (κ2) is 9.36. The molecule has 1 unspecified atom stereocenters. The number of rotatable bonds is 7. The lowest BCUT2D eigenvalue weighted by Crippen LogP contribution is -2.43. The van der Waals surface area contributed by atoms with Crippen LogP contribution in [-0.4, -0.2) is 51.8 Å². The van der Waals surface area contributed by atoms with Crippen molar-refractivity contribution in [1.29, 1.82) is 0 Å². The van der Waals surface area contributed by atoms with E-state index in [1.165, 1.54) is 6.92 Å². The Morgan fingerprint density at radius 1 is 1.19 bits per heavy atom. The molecule has 32 heavy (non-hydrogen) atoms. The molecule has 0 spiro atoms. The summed E-state index contributed by atoms with van der Waals surface area (Å²) in [5.41, 5.74) is 2.37. The molecule has 168 valence electrons. The number of carbonyl (C=O) groups is 1. The van der Waals surface area contributed by atoms with Gasteiger partial charge in [-0.1, -0.05) is 18.2 Å². The average molecular weight is 435 g/mol. The fourth-order valence-electron chi connectivity index (χ4n) is 4.26. The first-order valence-corrected chi connectivity index (χ1v) is 11.1. The fourth-order valence-corrected chi connectivity index (χ4v) is 4.26. The number of nitrogens with zero attached hydrogens (tertiary/aromatic N) is 2. The zero-order chi connectivity index (χ0) is 22.7. The number of pyridine rings is 1. The van der Waals surface area contributed by atoms with Gasteiger partial charge in [-0.05, 0) is 62.6 Å². The lowest BCUT2D eigenvalue weighted by molar-refractivity contribution is -0.0478. The number of para-hydroxylation sites is 1. The summed E-state index contributed by atoms with van der Waals surface area (Å²) in [6.07, 6.45) is 2.56. The van der Waals surface area contributed by atoms with Crippen LogP contribution in [0.15, 0.2) is 54.7 Å². The van der Waals surface area contributed by atoms with Crippen LogP contribution in [0.2, 0.25) is 0 Å². The number of aryl methyl sites for hydroxylation is 1. The first-order chi connectivity index (χ1) is 15.3. The maximum Gasteiger partial charge on any atom is 0.198 e. The van der Waals surface area contributed by atoms with Crippen LogP contribution in [0.25, 0.3) is 10.9 Å². The summed E-state index contributed by atoms with van der Waals surface area (Å²) in [5, 5.41) is 22.6. The predicted molar refractivity (Wildman–Crippen MR) is 124 cm³/mol. The van der Waals surface area contributed by atoms with Crippen molar-refractivity contribution in [2.75, 3.05) is 19.6 Å². The summed E-state index contributed by atoms with van der Waals surface area (Å²) in [6, 6.07) is 15.2. The third kappa shape index (κ3) is 4.99. The van der Waals surface area contributed by atoms with Crippen LogP contribution >= 0.6 is 0 Å². The molecule has 0 radical (unpaired) electrons. The highest BCUT2D eigenvalue weighted by Gasteiger charge is 2.34. The molecule has 1 atom stereocenters. The van der Waals surface area contributed by atoms with E-state index < -0.39 is 11.9 Å². The van der Waals surface area contributed by atoms with Gasteiger partial charge in [0, 0.05) is 48.8 Å². The second-order valence-corrected chi connectivity index (χ2v) is 8.69. The van der Waals surface area contributed by atoms with Crippen LogP contribution in [0, 0.1) is 6.92 Å². The molecular weight excluding hydrogens is 404 g/mol. The summed E-state index contributed by atoms with van der Waals surface area (Å²) >= 11 is 0. The number of carbonyl (C=O) groups excluding carboxylic acids is 1. The molecule has 1 aromatic heterocycles. The number of ketones is 1. The number of Topliss-reactive ketones (excluding diaryl/α,β-unsaturated/α-hetero) is 1. The number of likely N-dealkylation sites (tertiary alicyclic amines) is 1. The van der Waals surface area contributed by atoms with E-state index in [1.807, 2.05) is 37.3 Å². The van der Waals surface area contributed by atoms with Gasteiger partial charge in [-0.2, -0.15) is 0 Å². The van der Waals surface area contributed by atoms with Gasteiger partial charge in [0.1, 0.15) is 5.75 Å². The van der Waals surface area contributed by atoms with Gasteiger partial charge < -0.3 is 19.8 Å². The van der Waals surface area contributed by atoms with Gasteiger partial charge in [0.2, 0.25) is 0 Å². The molecule has 1 saturated heterocycles. The van der Waals surface area contributed by atoms with E-state index in [-0.39, 0.29) is 5.78 Å². The van der Waals surface area contributed by atoms with E-state index in [2.05, 4.69) is 9.88 Å². The Hall–Kier alpha value is -2.80. The molecule has 2 N–H and O–H groups in total. The summed E-state index contributed by atoms with van der Waals surface area (Å²) in [7, 11) is 0. The highest BCUT2D eigenvalue weighted by molar-refractivity contribution is 5.94. The second-order valence-electron chi connectivity index (χ2n) is 8.69. The van der Waals surface area contributed by atoms with Gasteiger partial charge in [-0.15, -0.1) is 0 Å². The Morgan fingerprint density at radius 3 is 2.66 bits per heavy atom. The molecule has 6 nitrogen and oxygen atoms in total. The van der Waals surface area contributed by atoms with E-state index in [0.717, 1.165) is 35.1 Å². The van der Waals surface area contributed by atoms with Gasteiger partial charge in [-0.25, -0.2) is 0 Å². The Balaban J connectivity index is 1.29. The number of ether oxygens (including phenoxy) is 1. The van der Waals surface area contributed by atoms with Gasteiger partial charge >= 0.3 is 0 Å². The van der Waals surface area contributed by atoms with Crippen molar-refractivity contribution in [2.24, 2.45) is 0 Å². The van der Waals surface area contributed by atoms with E-state index in [9.17, 15) is 15.0 Å². The molecule has 2 heterocycles. The lowest BCUT2D eigenvalue weighted by Gasteiger charge is -2.38. The van der Waals surface area contributed by atoms with Crippen molar-refractivity contribution in [3.8, 4) is 5.75 Å². The number of aliphatic hydroxyl groups excluding tert-OH is 1. The lowest BCUT2D eigenvalue weighted by atomic mass is 9.85. The number of fused-ring (bicyclic) bond motifs is 1. The maximum absolute atomic E-state index is 11.5. The van der Waals surface area contributed by atoms with Crippen LogP contribution in [0.5, 0.6) is 5.75 Å². The predicted octanol–water partition coefficient (Wildman–Crippen LogP) is 3.82. The SMILES string of the molecule is CC(=O)c1ccc(OC(O)CCN2CCC(O)(c3cnc4ccccc4c3)CC2)c(C)c1. The minimum atomic E-state index is -0.928. The molecule has 0 aliphatic carbocycles. The van der Waals surface area contributed by atoms with Crippen LogP contribution in [-0.2, 0) is 5.60 Å². The zero-order valence-electron chi connectivity index (χ0n) is 18.6. The number of benzene rings is 2. The number of piperidine rings is 1. The summed E-state index contributed by atoms with van der Waals surface area (Å²) in [6.45, 7) is 5.55. The van der Waals surface area contributed by atoms with Gasteiger partial charge in [-0.3, -0.25) is 9.78 Å². The van der Waals surface area contributed by atoms with E-state index in [4.69, 9.17) is 4.74 Å². The average Bonchev–Trinajstić information content (AvgIpc) is 2.79. The van der Waals surface area contributed by atoms with Crippen molar-refractivity contribution in [3.63, 3.8) is 0 Å². The highest BCUT2D eigenvalue weighted by atomic mass is 16.6. The fraction of sp³-hybridized carbons (Fsp3) is 0.385. The van der Waals surface area contributed by atoms with Gasteiger partial charge in [0.15, 0.2) is 12.1 Å². The largest absolute Gasteiger partial charge is 0.465 e. The van der Waals surface area contributed by atoms with Crippen LogP contribution in [0.3, 0.4) is 0 Å². The Bertz CT molecular complexity index is 1110. The quantitative estimate of drug-likeness (QED) is 0.435. The first-order valence-electron chi connectivity index (χ1n) is 11.1. The molecule has 0 saturated carbocycles. The monoisotopic (exact) mass is 434 g/mol. The molecular formula is C26H30N2O4. The summed E-state index contributed by atoms with van der Waals surface area (Å²) in [4.78, 5) is 18.2. The standard InChI is InChI=1S/C26H30N2O4/c1-18-15-20(19(2)29)7-8-24(18)32-25(30)9-12-28-13-10-26(31,11-14-28)22-16-21-5-3-4-6-23(21)27-17-22/h3-8,15-17,25,30-31H,9-14H2,1-2H3. The molecule has 1 aliphatic rings. The molecule has 6 heteroatoms. The van der Waals surface area contributed by atoms with Crippen molar-refractivity contribution >= 4 is 16.7 Å². The van der Waals surface area contributed by atoms with E-state index in [1.54, 1.807) is 24.4 Å². The molecule has 3 aromatic rings. The maximum atomic E-state index is 11.5. The van der Waals surface area contributed by atoms with Crippen molar-refractivity contribution in [2.45, 2.75) is 45.0 Å². The van der Waals surface area contributed by atoms with Crippen LogP contribution in [0.1, 0.15) is 47.7 Å². The molecule has 0 bridgehead atoms. The Labute approximate surface area is 188 Å². The molecule has 1 aliphatic heterocycles. The van der Waals surface area contributed by atoms with Crippen molar-refractivity contribution < 1.29 is 19.7 Å². The first kappa shape index (κ1) is 22.4. The summed E-state index contributed by atoms with van der Waals surface area (Å²) < 4.78 is 5.68. The Kier molecular flexibility index (Phi) is 6.55. The number of aromatic nitrogens is 1. The minimum Gasteiger partial charge on any atom is -0.465 e. The van der Waals surface area contributed by atoms with E-state index in [0.29, 0.717) is 37.1 Å². The third-order valence-electron chi connectivity index (χ3n) is 6.35.